The van der Waals surface area contributed by atoms with Gasteiger partial charge in [0.2, 0.25) is 0 Å². The molecule has 0 saturated heterocycles. The molecule has 0 radical (unpaired) electrons. The van der Waals surface area contributed by atoms with Gasteiger partial charge in [0.1, 0.15) is 0 Å². The van der Waals surface area contributed by atoms with E-state index in [0.29, 0.717) is 5.02 Å². The second-order valence-electron chi connectivity index (χ2n) is 4.90. The number of aliphatic hydroxyl groups excluding tert-OH is 1. The summed E-state index contributed by atoms with van der Waals surface area (Å²) in [6.07, 6.45) is 1.39. The van der Waals surface area contributed by atoms with Gasteiger partial charge >= 0.3 is 0 Å². The third-order valence-corrected chi connectivity index (χ3v) is 4.10. The molecule has 1 aliphatic carbocycles. The molecule has 2 heteroatoms. The monoisotopic (exact) mass is 258 g/mol. The number of rotatable bonds is 2. The van der Waals surface area contributed by atoms with Crippen molar-refractivity contribution in [1.29, 1.82) is 0 Å². The van der Waals surface area contributed by atoms with Gasteiger partial charge in [0, 0.05) is 5.02 Å². The molecule has 3 rings (SSSR count). The summed E-state index contributed by atoms with van der Waals surface area (Å²) in [7, 11) is 0. The lowest BCUT2D eigenvalue weighted by Crippen LogP contribution is -2.13. The van der Waals surface area contributed by atoms with Gasteiger partial charge in [-0.05, 0) is 41.5 Å². The fourth-order valence-corrected chi connectivity index (χ4v) is 3.03. The third kappa shape index (κ3) is 2.05. The van der Waals surface area contributed by atoms with Crippen molar-refractivity contribution in [2.24, 2.45) is 5.92 Å². The molecular weight excluding hydrogens is 244 g/mol. The maximum Gasteiger partial charge on any atom is 0.0838 e. The Hall–Kier alpha value is -1.31. The quantitative estimate of drug-likeness (QED) is 0.869. The van der Waals surface area contributed by atoms with Crippen LogP contribution in [0.4, 0.5) is 0 Å². The van der Waals surface area contributed by atoms with Crippen LogP contribution in [-0.2, 0) is 12.8 Å². The molecule has 0 aliphatic heterocycles. The van der Waals surface area contributed by atoms with Crippen molar-refractivity contribution in [3.05, 3.63) is 70.2 Å². The first-order chi connectivity index (χ1) is 8.75. The number of hydrogen-bond donors (Lipinski definition) is 1. The van der Waals surface area contributed by atoms with Crippen LogP contribution in [0.5, 0.6) is 0 Å². The Kier molecular flexibility index (Phi) is 3.11. The highest BCUT2D eigenvalue weighted by Crippen LogP contribution is 2.37. The molecule has 92 valence electrons. The van der Waals surface area contributed by atoms with Gasteiger partial charge < -0.3 is 5.11 Å². The van der Waals surface area contributed by atoms with Crippen LogP contribution < -0.4 is 0 Å². The van der Waals surface area contributed by atoms with Crippen molar-refractivity contribution in [3.8, 4) is 0 Å². The topological polar surface area (TPSA) is 20.2 Å². The van der Waals surface area contributed by atoms with Crippen molar-refractivity contribution < 1.29 is 5.11 Å². The van der Waals surface area contributed by atoms with E-state index in [2.05, 4.69) is 24.3 Å². The molecule has 0 bridgehead atoms. The summed E-state index contributed by atoms with van der Waals surface area (Å²) in [5.41, 5.74) is 3.55. The van der Waals surface area contributed by atoms with Gasteiger partial charge in [0.15, 0.2) is 0 Å². The van der Waals surface area contributed by atoms with Crippen LogP contribution in [0.3, 0.4) is 0 Å². The Morgan fingerprint density at radius 2 is 1.50 bits per heavy atom. The molecular formula is C16H15ClO. The Labute approximate surface area is 112 Å². The van der Waals surface area contributed by atoms with Crippen molar-refractivity contribution in [1.82, 2.24) is 0 Å². The second-order valence-corrected chi connectivity index (χ2v) is 5.31. The van der Waals surface area contributed by atoms with Gasteiger partial charge in [0.05, 0.1) is 6.10 Å². The lowest BCUT2D eigenvalue weighted by molar-refractivity contribution is 0.113. The number of halogens is 1. The van der Waals surface area contributed by atoms with Gasteiger partial charge in [-0.25, -0.2) is 0 Å². The van der Waals surface area contributed by atoms with E-state index in [4.69, 9.17) is 11.6 Å². The summed E-state index contributed by atoms with van der Waals surface area (Å²) in [6, 6.07) is 16.0. The summed E-state index contributed by atoms with van der Waals surface area (Å²) in [6.45, 7) is 0. The van der Waals surface area contributed by atoms with Crippen LogP contribution in [0.25, 0.3) is 0 Å². The lowest BCUT2D eigenvalue weighted by atomic mass is 9.93. The first-order valence-electron chi connectivity index (χ1n) is 6.25. The van der Waals surface area contributed by atoms with Crippen LogP contribution in [0.15, 0.2) is 48.5 Å². The van der Waals surface area contributed by atoms with Gasteiger partial charge in [-0.1, -0.05) is 54.1 Å². The smallest absolute Gasteiger partial charge is 0.0838 e. The van der Waals surface area contributed by atoms with Crippen LogP contribution >= 0.6 is 11.6 Å². The molecule has 0 saturated carbocycles. The van der Waals surface area contributed by atoms with Gasteiger partial charge in [-0.2, -0.15) is 0 Å². The average molecular weight is 259 g/mol. The molecule has 1 unspecified atom stereocenters. The maximum atomic E-state index is 10.5. The SMILES string of the molecule is OC(c1ccccc1Cl)C1Cc2ccccc2C1. The Bertz CT molecular complexity index is 540. The minimum Gasteiger partial charge on any atom is -0.388 e. The highest BCUT2D eigenvalue weighted by molar-refractivity contribution is 6.31. The molecule has 0 amide bonds. The van der Waals surface area contributed by atoms with Crippen LogP contribution in [0.1, 0.15) is 22.8 Å². The first-order valence-corrected chi connectivity index (χ1v) is 6.63. The summed E-state index contributed by atoms with van der Waals surface area (Å²) in [5.74, 6) is 0.238. The highest BCUT2D eigenvalue weighted by atomic mass is 35.5. The molecule has 2 aromatic carbocycles. The molecule has 1 atom stereocenters. The molecule has 2 aromatic rings. The molecule has 1 nitrogen and oxygen atoms in total. The predicted molar refractivity (Wildman–Crippen MR) is 73.8 cm³/mol. The molecule has 0 aromatic heterocycles. The third-order valence-electron chi connectivity index (χ3n) is 3.75. The summed E-state index contributed by atoms with van der Waals surface area (Å²) < 4.78 is 0. The zero-order chi connectivity index (χ0) is 12.5. The Morgan fingerprint density at radius 3 is 2.11 bits per heavy atom. The van der Waals surface area contributed by atoms with Crippen molar-refractivity contribution in [2.45, 2.75) is 18.9 Å². The van der Waals surface area contributed by atoms with Crippen molar-refractivity contribution in [2.75, 3.05) is 0 Å². The molecule has 0 spiro atoms. The zero-order valence-corrected chi connectivity index (χ0v) is 10.8. The largest absolute Gasteiger partial charge is 0.388 e. The minimum atomic E-state index is -0.480. The fourth-order valence-electron chi connectivity index (χ4n) is 2.79. The normalized spacial score (nSPS) is 16.6. The van der Waals surface area contributed by atoms with E-state index in [1.54, 1.807) is 0 Å². The summed E-state index contributed by atoms with van der Waals surface area (Å²) >= 11 is 6.15. The van der Waals surface area contributed by atoms with E-state index in [1.807, 2.05) is 24.3 Å². The van der Waals surface area contributed by atoms with E-state index >= 15 is 0 Å². The van der Waals surface area contributed by atoms with E-state index in [0.717, 1.165) is 18.4 Å². The number of benzene rings is 2. The van der Waals surface area contributed by atoms with Gasteiger partial charge in [0.25, 0.3) is 0 Å². The van der Waals surface area contributed by atoms with Gasteiger partial charge in [-0.3, -0.25) is 0 Å². The first kappa shape index (κ1) is 11.8. The molecule has 1 aliphatic rings. The predicted octanol–water partition coefficient (Wildman–Crippen LogP) is 3.79. The van der Waals surface area contributed by atoms with E-state index in [9.17, 15) is 5.11 Å². The zero-order valence-electron chi connectivity index (χ0n) is 10.0. The standard InChI is InChI=1S/C16H15ClO/c17-15-8-4-3-7-14(15)16(18)13-9-11-5-1-2-6-12(11)10-13/h1-8,13,16,18H,9-10H2. The lowest BCUT2D eigenvalue weighted by Gasteiger charge is -2.19. The van der Waals surface area contributed by atoms with Gasteiger partial charge in [-0.15, -0.1) is 0 Å². The van der Waals surface area contributed by atoms with Crippen molar-refractivity contribution >= 4 is 11.6 Å². The number of hydrogen-bond acceptors (Lipinski definition) is 1. The summed E-state index contributed by atoms with van der Waals surface area (Å²) in [4.78, 5) is 0. The van der Waals surface area contributed by atoms with Crippen molar-refractivity contribution in [3.63, 3.8) is 0 Å². The number of fused-ring (bicyclic) bond motifs is 1. The molecule has 18 heavy (non-hydrogen) atoms. The molecule has 0 fully saturated rings. The minimum absolute atomic E-state index is 0.238. The summed E-state index contributed by atoms with van der Waals surface area (Å²) in [5, 5.41) is 11.1. The maximum absolute atomic E-state index is 10.5. The van der Waals surface area contributed by atoms with Crippen LogP contribution in [0.2, 0.25) is 5.02 Å². The van der Waals surface area contributed by atoms with E-state index in [-0.39, 0.29) is 5.92 Å². The second kappa shape index (κ2) is 4.75. The molecule has 0 heterocycles. The van der Waals surface area contributed by atoms with E-state index in [1.165, 1.54) is 11.1 Å². The molecule has 1 N–H and O–H groups in total. The van der Waals surface area contributed by atoms with E-state index < -0.39 is 6.10 Å². The number of aliphatic hydroxyl groups is 1. The Morgan fingerprint density at radius 1 is 0.944 bits per heavy atom. The average Bonchev–Trinajstić information content (AvgIpc) is 2.82. The Balaban J connectivity index is 1.85. The fraction of sp³-hybridized carbons (Fsp3) is 0.250. The van der Waals surface area contributed by atoms with Crippen LogP contribution in [-0.4, -0.2) is 5.11 Å². The van der Waals surface area contributed by atoms with Crippen LogP contribution in [0, 0.1) is 5.92 Å². The highest BCUT2D eigenvalue weighted by Gasteiger charge is 2.29.